The molecule has 0 spiro atoms. The summed E-state index contributed by atoms with van der Waals surface area (Å²) in [5.74, 6) is 0.397. The first-order chi connectivity index (χ1) is 10.3. The van der Waals surface area contributed by atoms with Crippen LogP contribution in [0.4, 0.5) is 5.82 Å². The number of aryl methyl sites for hydroxylation is 1. The highest BCUT2D eigenvalue weighted by atomic mass is 16.1. The molecule has 8 heteroatoms. The fourth-order valence-corrected chi connectivity index (χ4v) is 1.70. The quantitative estimate of drug-likeness (QED) is 0.695. The molecule has 0 bridgehead atoms. The first kappa shape index (κ1) is 14.9. The summed E-state index contributed by atoms with van der Waals surface area (Å²) in [6, 6.07) is 0. The van der Waals surface area contributed by atoms with Gasteiger partial charge in [-0.1, -0.05) is 12.1 Å². The number of amides is 1. The highest BCUT2D eigenvalue weighted by Gasteiger charge is 2.08. The van der Waals surface area contributed by atoms with E-state index in [0.717, 1.165) is 19.4 Å². The molecule has 0 atom stereocenters. The van der Waals surface area contributed by atoms with E-state index in [1.54, 1.807) is 23.3 Å². The first-order valence-corrected chi connectivity index (χ1v) is 6.98. The maximum atomic E-state index is 12.0. The summed E-state index contributed by atoms with van der Waals surface area (Å²) in [5.41, 5.74) is 0.317. The summed E-state index contributed by atoms with van der Waals surface area (Å²) < 4.78 is 1.72. The molecule has 0 radical (unpaired) electrons. The topological polar surface area (TPSA) is 97.6 Å². The van der Waals surface area contributed by atoms with Crippen LogP contribution in [-0.4, -0.2) is 44.0 Å². The predicted octanol–water partition coefficient (Wildman–Crippen LogP) is 0.710. The Kier molecular flexibility index (Phi) is 5.62. The van der Waals surface area contributed by atoms with Crippen molar-refractivity contribution in [1.29, 1.82) is 0 Å². The Balaban J connectivity index is 1.77. The number of aromatic nitrogens is 5. The van der Waals surface area contributed by atoms with Crippen LogP contribution in [0.25, 0.3) is 0 Å². The zero-order chi connectivity index (χ0) is 14.9. The normalized spacial score (nSPS) is 10.3. The summed E-state index contributed by atoms with van der Waals surface area (Å²) in [7, 11) is 0. The maximum absolute atomic E-state index is 12.0. The molecule has 2 aromatic heterocycles. The van der Waals surface area contributed by atoms with Crippen molar-refractivity contribution >= 4 is 11.7 Å². The number of nitrogens with zero attached hydrogens (tertiary/aromatic N) is 5. The number of rotatable bonds is 8. The van der Waals surface area contributed by atoms with Crippen LogP contribution in [0.3, 0.4) is 0 Å². The van der Waals surface area contributed by atoms with Gasteiger partial charge in [0.15, 0.2) is 0 Å². The van der Waals surface area contributed by atoms with E-state index in [4.69, 9.17) is 0 Å². The Labute approximate surface area is 123 Å². The van der Waals surface area contributed by atoms with E-state index in [-0.39, 0.29) is 5.91 Å². The zero-order valence-electron chi connectivity index (χ0n) is 12.0. The molecule has 8 nitrogen and oxygen atoms in total. The van der Waals surface area contributed by atoms with Gasteiger partial charge in [0, 0.05) is 25.8 Å². The highest BCUT2D eigenvalue weighted by Crippen LogP contribution is 2.02. The third-order valence-electron chi connectivity index (χ3n) is 2.74. The highest BCUT2D eigenvalue weighted by molar-refractivity contribution is 5.92. The average Bonchev–Trinajstić information content (AvgIpc) is 3.03. The van der Waals surface area contributed by atoms with Crippen LogP contribution >= 0.6 is 0 Å². The van der Waals surface area contributed by atoms with E-state index in [2.05, 4.69) is 37.8 Å². The van der Waals surface area contributed by atoms with Crippen LogP contribution in [0.2, 0.25) is 0 Å². The minimum atomic E-state index is -0.221. The molecule has 0 unspecified atom stereocenters. The minimum Gasteiger partial charge on any atom is -0.369 e. The van der Waals surface area contributed by atoms with Crippen LogP contribution < -0.4 is 10.6 Å². The zero-order valence-corrected chi connectivity index (χ0v) is 12.0. The van der Waals surface area contributed by atoms with Gasteiger partial charge >= 0.3 is 0 Å². The summed E-state index contributed by atoms with van der Waals surface area (Å²) in [4.78, 5) is 20.2. The number of hydrogen-bond acceptors (Lipinski definition) is 6. The van der Waals surface area contributed by atoms with Crippen molar-refractivity contribution in [3.63, 3.8) is 0 Å². The molecule has 0 aliphatic heterocycles. The lowest BCUT2D eigenvalue weighted by Crippen LogP contribution is -2.26. The second-order valence-electron chi connectivity index (χ2n) is 4.49. The van der Waals surface area contributed by atoms with Gasteiger partial charge in [0.25, 0.3) is 5.91 Å². The molecule has 2 rings (SSSR count). The average molecular weight is 289 g/mol. The van der Waals surface area contributed by atoms with Gasteiger partial charge in [-0.25, -0.2) is 4.98 Å². The summed E-state index contributed by atoms with van der Waals surface area (Å²) in [6.07, 6.45) is 8.25. The Morgan fingerprint density at radius 3 is 3.00 bits per heavy atom. The number of carbonyl (C=O) groups is 1. The van der Waals surface area contributed by atoms with Crippen LogP contribution in [0, 0.1) is 0 Å². The van der Waals surface area contributed by atoms with E-state index >= 15 is 0 Å². The molecule has 2 heterocycles. The van der Waals surface area contributed by atoms with Crippen molar-refractivity contribution in [2.24, 2.45) is 0 Å². The van der Waals surface area contributed by atoms with Crippen molar-refractivity contribution in [2.45, 2.75) is 26.3 Å². The second kappa shape index (κ2) is 7.93. The lowest BCUT2D eigenvalue weighted by Gasteiger charge is -2.07. The molecule has 1 amide bonds. The smallest absolute Gasteiger partial charge is 0.271 e. The van der Waals surface area contributed by atoms with Crippen LogP contribution in [0.5, 0.6) is 0 Å². The van der Waals surface area contributed by atoms with Gasteiger partial charge in [0.1, 0.15) is 11.5 Å². The number of hydrogen-bond donors (Lipinski definition) is 2. The lowest BCUT2D eigenvalue weighted by atomic mass is 10.3. The Morgan fingerprint density at radius 2 is 2.24 bits per heavy atom. The van der Waals surface area contributed by atoms with Crippen LogP contribution in [0.1, 0.15) is 30.3 Å². The fourth-order valence-electron chi connectivity index (χ4n) is 1.70. The van der Waals surface area contributed by atoms with Gasteiger partial charge in [-0.2, -0.15) is 0 Å². The van der Waals surface area contributed by atoms with Crippen molar-refractivity contribution in [3.8, 4) is 0 Å². The minimum absolute atomic E-state index is 0.221. The first-order valence-electron chi connectivity index (χ1n) is 6.98. The summed E-state index contributed by atoms with van der Waals surface area (Å²) in [6.45, 7) is 4.13. The molecule has 0 aromatic carbocycles. The van der Waals surface area contributed by atoms with Crippen LogP contribution in [-0.2, 0) is 6.54 Å². The van der Waals surface area contributed by atoms with E-state index < -0.39 is 0 Å². The van der Waals surface area contributed by atoms with E-state index in [1.165, 1.54) is 6.20 Å². The Bertz CT molecular complexity index is 555. The molecular weight excluding hydrogens is 270 g/mol. The summed E-state index contributed by atoms with van der Waals surface area (Å²) >= 11 is 0. The Hall–Kier alpha value is -2.51. The van der Waals surface area contributed by atoms with Gasteiger partial charge in [-0.3, -0.25) is 14.5 Å². The van der Waals surface area contributed by atoms with E-state index in [1.807, 2.05) is 0 Å². The predicted molar refractivity (Wildman–Crippen MR) is 77.8 cm³/mol. The molecule has 2 N–H and O–H groups in total. The largest absolute Gasteiger partial charge is 0.369 e. The molecule has 0 saturated heterocycles. The summed E-state index contributed by atoms with van der Waals surface area (Å²) in [5, 5.41) is 13.5. The molecule has 0 aliphatic carbocycles. The molecule has 2 aromatic rings. The van der Waals surface area contributed by atoms with E-state index in [0.29, 0.717) is 24.6 Å². The van der Waals surface area contributed by atoms with Gasteiger partial charge in [-0.15, -0.1) is 5.10 Å². The molecule has 112 valence electrons. The van der Waals surface area contributed by atoms with Gasteiger partial charge < -0.3 is 10.6 Å². The number of anilines is 1. The number of carbonyl (C=O) groups excluding carboxylic acids is 1. The molecule has 0 saturated carbocycles. The third kappa shape index (κ3) is 4.83. The number of nitrogens with one attached hydrogen (secondary N) is 2. The third-order valence-corrected chi connectivity index (χ3v) is 2.74. The fraction of sp³-hybridized carbons (Fsp3) is 0.462. The maximum Gasteiger partial charge on any atom is 0.271 e. The monoisotopic (exact) mass is 289 g/mol. The van der Waals surface area contributed by atoms with Crippen LogP contribution in [0.15, 0.2) is 24.8 Å². The van der Waals surface area contributed by atoms with E-state index in [9.17, 15) is 4.79 Å². The van der Waals surface area contributed by atoms with Gasteiger partial charge in [0.2, 0.25) is 0 Å². The van der Waals surface area contributed by atoms with Gasteiger partial charge in [-0.05, 0) is 12.8 Å². The van der Waals surface area contributed by atoms with Crippen molar-refractivity contribution in [1.82, 2.24) is 30.3 Å². The van der Waals surface area contributed by atoms with Crippen molar-refractivity contribution < 1.29 is 4.79 Å². The van der Waals surface area contributed by atoms with Crippen molar-refractivity contribution in [3.05, 3.63) is 30.5 Å². The molecular formula is C13H19N7O. The lowest BCUT2D eigenvalue weighted by molar-refractivity contribution is 0.0947. The molecule has 21 heavy (non-hydrogen) atoms. The van der Waals surface area contributed by atoms with Crippen molar-refractivity contribution in [2.75, 3.05) is 18.4 Å². The molecule has 0 fully saturated rings. The molecule has 0 aliphatic rings. The standard InChI is InChI=1S/C13H19N7O/c1-2-4-15-12-10-14-9-11(18-12)13(21)16-5-3-7-20-8-6-17-19-20/h6,8-10H,2-5,7H2,1H3,(H,15,18)(H,16,21). The van der Waals surface area contributed by atoms with Gasteiger partial charge in [0.05, 0.1) is 18.6 Å². The Morgan fingerprint density at radius 1 is 1.33 bits per heavy atom. The SMILES string of the molecule is CCCNc1cncc(C(=O)NCCCn2ccnn2)n1. The second-order valence-corrected chi connectivity index (χ2v) is 4.49.